The highest BCUT2D eigenvalue weighted by molar-refractivity contribution is 8.00. The molecule has 0 atom stereocenters. The van der Waals surface area contributed by atoms with Crippen molar-refractivity contribution in [2.24, 2.45) is 0 Å². The first-order chi connectivity index (χ1) is 16.0. The van der Waals surface area contributed by atoms with Crippen molar-refractivity contribution in [2.45, 2.75) is 10.1 Å². The summed E-state index contributed by atoms with van der Waals surface area (Å²) in [5, 5.41) is 13.9. The Bertz CT molecular complexity index is 1340. The van der Waals surface area contributed by atoms with Crippen LogP contribution in [0.3, 0.4) is 0 Å². The Labute approximate surface area is 198 Å². The number of hydrogen-bond acceptors (Lipinski definition) is 7. The summed E-state index contributed by atoms with van der Waals surface area (Å²) >= 11 is 2.98. The van der Waals surface area contributed by atoms with Gasteiger partial charge >= 0.3 is 0 Å². The normalized spacial score (nSPS) is 11.1. The number of nitrogens with one attached hydrogen (secondary N) is 1. The van der Waals surface area contributed by atoms with Crippen molar-refractivity contribution in [1.29, 1.82) is 0 Å². The first-order valence-electron chi connectivity index (χ1n) is 9.90. The van der Waals surface area contributed by atoms with Crippen molar-refractivity contribution in [3.05, 3.63) is 94.0 Å². The smallest absolute Gasteiger partial charge is 0.270 e. The van der Waals surface area contributed by atoms with Crippen LogP contribution in [0.15, 0.2) is 77.1 Å². The number of thiazole rings is 1. The number of aromatic nitrogens is 1. The van der Waals surface area contributed by atoms with Gasteiger partial charge in [-0.25, -0.2) is 4.98 Å². The van der Waals surface area contributed by atoms with Crippen LogP contribution in [0.25, 0.3) is 16.3 Å². The molecule has 0 unspecified atom stereocenters. The molecule has 0 fully saturated rings. The molecule has 3 aromatic carbocycles. The lowest BCUT2D eigenvalue weighted by Crippen LogP contribution is -2.07. The fourth-order valence-electron chi connectivity index (χ4n) is 3.09. The van der Waals surface area contributed by atoms with E-state index < -0.39 is 4.92 Å². The summed E-state index contributed by atoms with van der Waals surface area (Å²) in [6.07, 6.45) is 3.26. The van der Waals surface area contributed by atoms with E-state index in [9.17, 15) is 14.9 Å². The molecular weight excluding hydrogens is 458 g/mol. The number of nitro groups is 1. The van der Waals surface area contributed by atoms with Crippen LogP contribution < -0.4 is 10.1 Å². The number of carbonyl (C=O) groups is 1. The van der Waals surface area contributed by atoms with Gasteiger partial charge in [0.05, 0.1) is 22.2 Å². The lowest BCUT2D eigenvalue weighted by Gasteiger charge is -2.06. The van der Waals surface area contributed by atoms with E-state index in [1.165, 1.54) is 48.4 Å². The number of thioether (sulfide) groups is 1. The van der Waals surface area contributed by atoms with Crippen molar-refractivity contribution in [1.82, 2.24) is 4.98 Å². The second kappa shape index (κ2) is 10.3. The molecule has 0 radical (unpaired) electrons. The zero-order valence-corrected chi connectivity index (χ0v) is 19.2. The third-order valence-corrected chi connectivity index (χ3v) is 6.90. The Morgan fingerprint density at radius 1 is 1.18 bits per heavy atom. The highest BCUT2D eigenvalue weighted by Gasteiger charge is 2.13. The molecule has 0 aliphatic rings. The molecule has 7 nitrogen and oxygen atoms in total. The summed E-state index contributed by atoms with van der Waals surface area (Å²) in [5.74, 6) is 0.872. The molecule has 1 aromatic heterocycles. The number of fused-ring (bicyclic) bond motifs is 1. The van der Waals surface area contributed by atoms with Crippen molar-refractivity contribution in [3.63, 3.8) is 0 Å². The van der Waals surface area contributed by atoms with Gasteiger partial charge in [-0.15, -0.1) is 11.3 Å². The second-order valence-electron chi connectivity index (χ2n) is 6.94. The molecule has 0 aliphatic carbocycles. The molecule has 0 spiro atoms. The summed E-state index contributed by atoms with van der Waals surface area (Å²) in [7, 11) is 1.54. The second-order valence-corrected chi connectivity index (χ2v) is 9.19. The molecule has 0 saturated heterocycles. The highest BCUT2D eigenvalue weighted by Crippen LogP contribution is 2.35. The van der Waals surface area contributed by atoms with Gasteiger partial charge in [-0.1, -0.05) is 42.1 Å². The Morgan fingerprint density at radius 3 is 2.76 bits per heavy atom. The standard InChI is InChI=1S/C24H19N3O4S2/c1-31-21-11-9-19(27(29)30)13-17(21)15-32-24-26-20-10-8-18(14-22(20)33-24)25-23(28)12-7-16-5-3-2-4-6-16/h2-14H,15H2,1H3,(H,25,28). The minimum atomic E-state index is -0.420. The van der Waals surface area contributed by atoms with Gasteiger partial charge in [0.2, 0.25) is 5.91 Å². The topological polar surface area (TPSA) is 94.4 Å². The van der Waals surface area contributed by atoms with Crippen LogP contribution >= 0.6 is 23.1 Å². The SMILES string of the molecule is COc1ccc([N+](=O)[O-])cc1CSc1nc2ccc(NC(=O)C=Cc3ccccc3)cc2s1. The highest BCUT2D eigenvalue weighted by atomic mass is 32.2. The molecule has 0 bridgehead atoms. The number of methoxy groups -OCH3 is 1. The number of nitro benzene ring substituents is 1. The quantitative estimate of drug-likeness (QED) is 0.141. The largest absolute Gasteiger partial charge is 0.496 e. The molecule has 1 N–H and O–H groups in total. The number of hydrogen-bond donors (Lipinski definition) is 1. The minimum Gasteiger partial charge on any atom is -0.496 e. The molecular formula is C24H19N3O4S2. The summed E-state index contributed by atoms with van der Waals surface area (Å²) in [6, 6.07) is 19.7. The number of benzene rings is 3. The van der Waals surface area contributed by atoms with Gasteiger partial charge in [0.1, 0.15) is 5.75 Å². The maximum atomic E-state index is 12.2. The predicted octanol–water partition coefficient (Wildman–Crippen LogP) is 6.16. The molecule has 9 heteroatoms. The average molecular weight is 478 g/mol. The Hall–Kier alpha value is -3.69. The van der Waals surface area contributed by atoms with E-state index in [0.29, 0.717) is 17.2 Å². The van der Waals surface area contributed by atoms with Crippen molar-refractivity contribution >= 4 is 56.7 Å². The van der Waals surface area contributed by atoms with Crippen LogP contribution in [0.1, 0.15) is 11.1 Å². The summed E-state index contributed by atoms with van der Waals surface area (Å²) in [6.45, 7) is 0. The molecule has 1 heterocycles. The van der Waals surface area contributed by atoms with Crippen LogP contribution in [-0.4, -0.2) is 22.9 Å². The van der Waals surface area contributed by atoms with E-state index in [0.717, 1.165) is 25.7 Å². The summed E-state index contributed by atoms with van der Waals surface area (Å²) < 4.78 is 7.09. The predicted molar refractivity (Wildman–Crippen MR) is 133 cm³/mol. The van der Waals surface area contributed by atoms with Crippen molar-refractivity contribution in [3.8, 4) is 5.75 Å². The van der Waals surface area contributed by atoms with Crippen LogP contribution in [-0.2, 0) is 10.5 Å². The fourth-order valence-corrected chi connectivity index (χ4v) is 5.18. The average Bonchev–Trinajstić information content (AvgIpc) is 3.24. The van der Waals surface area contributed by atoms with Crippen LogP contribution in [0.5, 0.6) is 5.75 Å². The summed E-state index contributed by atoms with van der Waals surface area (Å²) in [4.78, 5) is 27.5. The number of anilines is 1. The number of nitrogens with zero attached hydrogens (tertiary/aromatic N) is 2. The van der Waals surface area contributed by atoms with Crippen molar-refractivity contribution in [2.75, 3.05) is 12.4 Å². The third-order valence-electron chi connectivity index (χ3n) is 4.69. The van der Waals surface area contributed by atoms with Gasteiger partial charge < -0.3 is 10.1 Å². The lowest BCUT2D eigenvalue weighted by atomic mass is 10.2. The fraction of sp³-hybridized carbons (Fsp3) is 0.0833. The van der Waals surface area contributed by atoms with Gasteiger partial charge in [-0.3, -0.25) is 14.9 Å². The maximum absolute atomic E-state index is 12.2. The first kappa shape index (κ1) is 22.5. The van der Waals surface area contributed by atoms with Gasteiger partial charge in [-0.05, 0) is 35.9 Å². The lowest BCUT2D eigenvalue weighted by molar-refractivity contribution is -0.384. The van der Waals surface area contributed by atoms with Gasteiger partial charge in [0.25, 0.3) is 5.69 Å². The summed E-state index contributed by atoms with van der Waals surface area (Å²) in [5.41, 5.74) is 3.22. The van der Waals surface area contributed by atoms with Gasteiger partial charge in [0, 0.05) is 35.2 Å². The number of non-ortho nitro benzene ring substituents is 1. The maximum Gasteiger partial charge on any atom is 0.270 e. The van der Waals surface area contributed by atoms with Crippen molar-refractivity contribution < 1.29 is 14.5 Å². The molecule has 0 aliphatic heterocycles. The Kier molecular flexibility index (Phi) is 7.01. The monoisotopic (exact) mass is 477 g/mol. The Morgan fingerprint density at radius 2 is 2.00 bits per heavy atom. The van der Waals surface area contributed by atoms with Crippen LogP contribution in [0.2, 0.25) is 0 Å². The number of carbonyl (C=O) groups excluding carboxylic acids is 1. The minimum absolute atomic E-state index is 0.0254. The molecule has 33 heavy (non-hydrogen) atoms. The number of rotatable bonds is 8. The van der Waals surface area contributed by atoms with E-state index in [4.69, 9.17) is 4.74 Å². The molecule has 0 saturated carbocycles. The van der Waals surface area contributed by atoms with Crippen LogP contribution in [0, 0.1) is 10.1 Å². The van der Waals surface area contributed by atoms with E-state index in [-0.39, 0.29) is 11.6 Å². The first-order valence-corrected chi connectivity index (χ1v) is 11.7. The van der Waals surface area contributed by atoms with Gasteiger partial charge in [-0.2, -0.15) is 0 Å². The molecule has 166 valence electrons. The molecule has 4 rings (SSSR count). The molecule has 4 aromatic rings. The zero-order chi connectivity index (χ0) is 23.2. The van der Waals surface area contributed by atoms with E-state index in [2.05, 4.69) is 10.3 Å². The third kappa shape index (κ3) is 5.76. The van der Waals surface area contributed by atoms with Crippen LogP contribution in [0.4, 0.5) is 11.4 Å². The Balaban J connectivity index is 1.44. The number of ether oxygens (including phenoxy) is 1. The van der Waals surface area contributed by atoms with Gasteiger partial charge in [0.15, 0.2) is 4.34 Å². The van der Waals surface area contributed by atoms with E-state index >= 15 is 0 Å². The zero-order valence-electron chi connectivity index (χ0n) is 17.6. The van der Waals surface area contributed by atoms with E-state index in [1.54, 1.807) is 12.1 Å². The molecule has 1 amide bonds. The van der Waals surface area contributed by atoms with E-state index in [1.807, 2.05) is 48.5 Å². The number of amides is 1.